The van der Waals surface area contributed by atoms with Crippen LogP contribution in [0.25, 0.3) is 5.82 Å². The Balaban J connectivity index is 2.47. The first-order valence-corrected chi connectivity index (χ1v) is 5.41. The predicted octanol–water partition coefficient (Wildman–Crippen LogP) is 2.57. The van der Waals surface area contributed by atoms with E-state index in [-0.39, 0.29) is 0 Å². The average Bonchev–Trinajstić information content (AvgIpc) is 2.81. The van der Waals surface area contributed by atoms with Crippen molar-refractivity contribution in [3.8, 4) is 5.82 Å². The third-order valence-corrected chi connectivity index (χ3v) is 2.52. The smallest absolute Gasteiger partial charge is 0.138 e. The molecule has 2 rings (SSSR count). The summed E-state index contributed by atoms with van der Waals surface area (Å²) in [5, 5.41) is 0. The van der Waals surface area contributed by atoms with Gasteiger partial charge in [-0.05, 0) is 24.1 Å². The molecular formula is C11H12ClN3. The minimum absolute atomic E-state index is 0.511. The first kappa shape index (κ1) is 10.2. The van der Waals surface area contributed by atoms with Crippen LogP contribution in [0.3, 0.4) is 0 Å². The van der Waals surface area contributed by atoms with Crippen molar-refractivity contribution in [1.29, 1.82) is 0 Å². The first-order chi connectivity index (χ1) is 7.33. The Morgan fingerprint density at radius 2 is 2.27 bits per heavy atom. The zero-order valence-corrected chi connectivity index (χ0v) is 9.28. The molecule has 0 bridgehead atoms. The van der Waals surface area contributed by atoms with Crippen molar-refractivity contribution in [2.24, 2.45) is 0 Å². The number of pyridine rings is 1. The minimum atomic E-state index is 0.511. The summed E-state index contributed by atoms with van der Waals surface area (Å²) in [5.74, 6) is 1.39. The van der Waals surface area contributed by atoms with Crippen molar-refractivity contribution in [3.63, 3.8) is 0 Å². The second kappa shape index (κ2) is 4.45. The lowest BCUT2D eigenvalue weighted by molar-refractivity contribution is 0.934. The Kier molecular flexibility index (Phi) is 3.02. The monoisotopic (exact) mass is 221 g/mol. The number of halogens is 1. The fraction of sp³-hybridized carbons (Fsp3) is 0.273. The van der Waals surface area contributed by atoms with Gasteiger partial charge in [0.05, 0.1) is 0 Å². The van der Waals surface area contributed by atoms with Crippen molar-refractivity contribution in [3.05, 3.63) is 42.1 Å². The molecule has 0 aliphatic rings. The van der Waals surface area contributed by atoms with Gasteiger partial charge in [0.1, 0.15) is 12.1 Å². The summed E-state index contributed by atoms with van der Waals surface area (Å²) in [5.41, 5.74) is 2.14. The maximum Gasteiger partial charge on any atom is 0.138 e. The Morgan fingerprint density at radius 1 is 1.40 bits per heavy atom. The molecule has 0 fully saturated rings. The number of aromatic nitrogens is 3. The second-order valence-corrected chi connectivity index (χ2v) is 3.55. The van der Waals surface area contributed by atoms with Crippen LogP contribution in [0.1, 0.15) is 18.2 Å². The molecule has 0 radical (unpaired) electrons. The molecule has 2 aromatic rings. The van der Waals surface area contributed by atoms with Crippen LogP contribution < -0.4 is 0 Å². The third-order valence-electron chi connectivity index (χ3n) is 2.21. The number of hydrogen-bond acceptors (Lipinski definition) is 2. The molecule has 3 nitrogen and oxygen atoms in total. The molecule has 0 aromatic carbocycles. The summed E-state index contributed by atoms with van der Waals surface area (Å²) < 4.78 is 1.88. The molecule has 15 heavy (non-hydrogen) atoms. The van der Waals surface area contributed by atoms with Crippen molar-refractivity contribution in [2.75, 3.05) is 0 Å². The molecular weight excluding hydrogens is 210 g/mol. The zero-order valence-electron chi connectivity index (χ0n) is 8.52. The van der Waals surface area contributed by atoms with Gasteiger partial charge in [0.2, 0.25) is 0 Å². The van der Waals surface area contributed by atoms with Crippen molar-refractivity contribution >= 4 is 11.6 Å². The van der Waals surface area contributed by atoms with E-state index in [1.807, 2.05) is 22.9 Å². The van der Waals surface area contributed by atoms with Crippen molar-refractivity contribution < 1.29 is 0 Å². The molecule has 2 aromatic heterocycles. The van der Waals surface area contributed by atoms with E-state index in [1.165, 1.54) is 0 Å². The van der Waals surface area contributed by atoms with Gasteiger partial charge in [0, 0.05) is 24.0 Å². The molecule has 2 heterocycles. The lowest BCUT2D eigenvalue weighted by Gasteiger charge is -2.06. The van der Waals surface area contributed by atoms with Gasteiger partial charge in [0.15, 0.2) is 0 Å². The lowest BCUT2D eigenvalue weighted by Crippen LogP contribution is -1.99. The molecule has 4 heteroatoms. The standard InChI is InChI=1S/C11H12ClN3/c1-2-10-5-9(7-12)6-11(14-10)15-4-3-13-8-15/h3-6,8H,2,7H2,1H3. The van der Waals surface area contributed by atoms with E-state index in [9.17, 15) is 0 Å². The number of hydrogen-bond donors (Lipinski definition) is 0. The van der Waals surface area contributed by atoms with E-state index >= 15 is 0 Å². The number of alkyl halides is 1. The van der Waals surface area contributed by atoms with Gasteiger partial charge < -0.3 is 0 Å². The van der Waals surface area contributed by atoms with Gasteiger partial charge in [-0.3, -0.25) is 4.57 Å². The molecule has 0 atom stereocenters. The van der Waals surface area contributed by atoms with E-state index < -0.39 is 0 Å². The lowest BCUT2D eigenvalue weighted by atomic mass is 10.2. The minimum Gasteiger partial charge on any atom is -0.291 e. The van der Waals surface area contributed by atoms with Gasteiger partial charge in [-0.2, -0.15) is 0 Å². The fourth-order valence-corrected chi connectivity index (χ4v) is 1.57. The van der Waals surface area contributed by atoms with Crippen LogP contribution in [0.15, 0.2) is 30.9 Å². The Labute approximate surface area is 93.7 Å². The van der Waals surface area contributed by atoms with Crippen LogP contribution in [-0.2, 0) is 12.3 Å². The second-order valence-electron chi connectivity index (χ2n) is 3.28. The van der Waals surface area contributed by atoms with Crippen LogP contribution in [0.5, 0.6) is 0 Å². The topological polar surface area (TPSA) is 30.7 Å². The average molecular weight is 222 g/mol. The highest BCUT2D eigenvalue weighted by Gasteiger charge is 2.02. The van der Waals surface area contributed by atoms with E-state index in [2.05, 4.69) is 16.9 Å². The summed E-state index contributed by atoms with van der Waals surface area (Å²) in [4.78, 5) is 8.51. The van der Waals surface area contributed by atoms with Crippen LogP contribution in [0.4, 0.5) is 0 Å². The van der Waals surface area contributed by atoms with Crippen LogP contribution in [0.2, 0.25) is 0 Å². The summed E-state index contributed by atoms with van der Waals surface area (Å²) in [6.45, 7) is 2.08. The predicted molar refractivity (Wildman–Crippen MR) is 60.3 cm³/mol. The Bertz CT molecular complexity index is 415. The van der Waals surface area contributed by atoms with Gasteiger partial charge in [-0.15, -0.1) is 11.6 Å². The number of rotatable bonds is 3. The molecule has 0 N–H and O–H groups in total. The van der Waals surface area contributed by atoms with E-state index in [4.69, 9.17) is 11.6 Å². The van der Waals surface area contributed by atoms with Crippen molar-refractivity contribution in [2.45, 2.75) is 19.2 Å². The third kappa shape index (κ3) is 2.18. The van der Waals surface area contributed by atoms with Crippen LogP contribution in [-0.4, -0.2) is 14.5 Å². The molecule has 0 saturated carbocycles. The van der Waals surface area contributed by atoms with Gasteiger partial charge in [-0.25, -0.2) is 9.97 Å². The highest BCUT2D eigenvalue weighted by Crippen LogP contribution is 2.12. The van der Waals surface area contributed by atoms with Crippen LogP contribution >= 0.6 is 11.6 Å². The van der Waals surface area contributed by atoms with Crippen molar-refractivity contribution in [1.82, 2.24) is 14.5 Å². The molecule has 0 spiro atoms. The van der Waals surface area contributed by atoms with Gasteiger partial charge >= 0.3 is 0 Å². The first-order valence-electron chi connectivity index (χ1n) is 4.87. The SMILES string of the molecule is CCc1cc(CCl)cc(-n2ccnc2)n1. The van der Waals surface area contributed by atoms with E-state index in [1.54, 1.807) is 12.5 Å². The molecule has 78 valence electrons. The molecule has 0 aliphatic heterocycles. The summed E-state index contributed by atoms with van der Waals surface area (Å²) in [6, 6.07) is 4.02. The van der Waals surface area contributed by atoms with E-state index in [0.717, 1.165) is 23.5 Å². The zero-order chi connectivity index (χ0) is 10.7. The highest BCUT2D eigenvalue weighted by atomic mass is 35.5. The molecule has 0 aliphatic carbocycles. The van der Waals surface area contributed by atoms with E-state index in [0.29, 0.717) is 5.88 Å². The number of nitrogens with zero attached hydrogens (tertiary/aromatic N) is 3. The molecule has 0 saturated heterocycles. The van der Waals surface area contributed by atoms with Crippen LogP contribution in [0, 0.1) is 0 Å². The van der Waals surface area contributed by atoms with Gasteiger partial charge in [0.25, 0.3) is 0 Å². The Hall–Kier alpha value is -1.35. The molecule has 0 unspecified atom stereocenters. The maximum atomic E-state index is 5.84. The molecule has 0 amide bonds. The highest BCUT2D eigenvalue weighted by molar-refractivity contribution is 6.17. The van der Waals surface area contributed by atoms with Gasteiger partial charge in [-0.1, -0.05) is 6.92 Å². The summed E-state index contributed by atoms with van der Waals surface area (Å²) in [7, 11) is 0. The number of imidazole rings is 1. The Morgan fingerprint density at radius 3 is 2.87 bits per heavy atom. The quantitative estimate of drug-likeness (QED) is 0.746. The maximum absolute atomic E-state index is 5.84. The summed E-state index contributed by atoms with van der Waals surface area (Å²) in [6.07, 6.45) is 6.26. The summed E-state index contributed by atoms with van der Waals surface area (Å²) >= 11 is 5.84. The normalized spacial score (nSPS) is 10.5. The number of aryl methyl sites for hydroxylation is 1. The largest absolute Gasteiger partial charge is 0.291 e. The fourth-order valence-electron chi connectivity index (χ4n) is 1.42.